The summed E-state index contributed by atoms with van der Waals surface area (Å²) in [6.07, 6.45) is 9.09. The van der Waals surface area contributed by atoms with Crippen LogP contribution in [0.25, 0.3) is 0 Å². The molecule has 0 spiro atoms. The Kier molecular flexibility index (Phi) is 6.25. The zero-order valence-electron chi connectivity index (χ0n) is 15.4. The van der Waals surface area contributed by atoms with Gasteiger partial charge in [0.05, 0.1) is 0 Å². The molecule has 8 heteroatoms. The lowest BCUT2D eigenvalue weighted by atomic mass is 9.95. The molecule has 0 bridgehead atoms. The van der Waals surface area contributed by atoms with Gasteiger partial charge in [-0.1, -0.05) is 19.3 Å². The highest BCUT2D eigenvalue weighted by molar-refractivity contribution is 5.86. The Morgan fingerprint density at radius 2 is 1.73 bits per heavy atom. The highest BCUT2D eigenvalue weighted by atomic mass is 16.2. The number of anilines is 1. The summed E-state index contributed by atoms with van der Waals surface area (Å²) in [5, 5.41) is 5.88. The van der Waals surface area contributed by atoms with Crippen LogP contribution in [0.1, 0.15) is 39.0 Å². The van der Waals surface area contributed by atoms with Crippen molar-refractivity contribution >= 4 is 17.9 Å². The largest absolute Gasteiger partial charge is 0.352 e. The topological polar surface area (TPSA) is 90.5 Å². The fraction of sp³-hybridized carbons (Fsp3) is 0.667. The van der Waals surface area contributed by atoms with Gasteiger partial charge < -0.3 is 20.4 Å². The third-order valence-corrected chi connectivity index (χ3v) is 5.09. The Hall–Kier alpha value is -2.38. The van der Waals surface area contributed by atoms with Crippen LogP contribution in [0.5, 0.6) is 0 Å². The Balaban J connectivity index is 1.42. The lowest BCUT2D eigenvalue weighted by Gasteiger charge is -2.35. The minimum absolute atomic E-state index is 0.0958. The van der Waals surface area contributed by atoms with E-state index in [0.717, 1.165) is 12.8 Å². The van der Waals surface area contributed by atoms with Crippen LogP contribution < -0.4 is 15.5 Å². The van der Waals surface area contributed by atoms with Gasteiger partial charge in [0, 0.05) is 44.6 Å². The minimum atomic E-state index is -0.528. The smallest absolute Gasteiger partial charge is 0.318 e. The number of rotatable bonds is 4. The second-order valence-corrected chi connectivity index (χ2v) is 7.04. The number of amides is 3. The Bertz CT molecular complexity index is 597. The molecule has 1 saturated heterocycles. The van der Waals surface area contributed by atoms with Crippen molar-refractivity contribution in [2.45, 2.75) is 51.1 Å². The first-order chi connectivity index (χ1) is 12.6. The Morgan fingerprint density at radius 1 is 1.08 bits per heavy atom. The molecule has 8 nitrogen and oxygen atoms in total. The van der Waals surface area contributed by atoms with E-state index in [1.165, 1.54) is 19.3 Å². The summed E-state index contributed by atoms with van der Waals surface area (Å²) in [6, 6.07) is 1.32. The molecule has 26 heavy (non-hydrogen) atoms. The van der Waals surface area contributed by atoms with Crippen LogP contribution in [0.2, 0.25) is 0 Å². The molecule has 1 aromatic heterocycles. The third kappa shape index (κ3) is 4.83. The molecule has 2 aliphatic rings. The average Bonchev–Trinajstić information content (AvgIpc) is 2.69. The molecule has 142 valence electrons. The summed E-state index contributed by atoms with van der Waals surface area (Å²) in [5.41, 5.74) is 0. The summed E-state index contributed by atoms with van der Waals surface area (Å²) in [4.78, 5) is 37.0. The second kappa shape index (κ2) is 8.82. The van der Waals surface area contributed by atoms with Crippen molar-refractivity contribution in [3.05, 3.63) is 18.5 Å². The Labute approximate surface area is 154 Å². The van der Waals surface area contributed by atoms with Crippen LogP contribution in [0.4, 0.5) is 10.7 Å². The first kappa shape index (κ1) is 18.4. The number of nitrogens with zero attached hydrogens (tertiary/aromatic N) is 4. The first-order valence-corrected chi connectivity index (χ1v) is 9.51. The SMILES string of the molecule is C[C@@H](NC(=O)N1CCN(c2ncccn2)CC1)C(=O)NC1CCCCC1. The van der Waals surface area contributed by atoms with Crippen molar-refractivity contribution in [1.29, 1.82) is 0 Å². The molecule has 2 heterocycles. The summed E-state index contributed by atoms with van der Waals surface area (Å²) >= 11 is 0. The molecule has 1 aliphatic carbocycles. The van der Waals surface area contributed by atoms with E-state index in [4.69, 9.17) is 0 Å². The van der Waals surface area contributed by atoms with Gasteiger partial charge in [0.15, 0.2) is 0 Å². The maximum atomic E-state index is 12.4. The van der Waals surface area contributed by atoms with Gasteiger partial charge in [-0.25, -0.2) is 14.8 Å². The third-order valence-electron chi connectivity index (χ3n) is 5.09. The van der Waals surface area contributed by atoms with E-state index in [0.29, 0.717) is 32.1 Å². The zero-order valence-corrected chi connectivity index (χ0v) is 15.4. The van der Waals surface area contributed by atoms with Crippen molar-refractivity contribution in [3.8, 4) is 0 Å². The number of urea groups is 1. The first-order valence-electron chi connectivity index (χ1n) is 9.51. The number of piperazine rings is 1. The number of aromatic nitrogens is 2. The number of carbonyl (C=O) groups excluding carboxylic acids is 2. The van der Waals surface area contributed by atoms with E-state index in [9.17, 15) is 9.59 Å². The van der Waals surface area contributed by atoms with Crippen molar-refractivity contribution in [2.24, 2.45) is 0 Å². The summed E-state index contributed by atoms with van der Waals surface area (Å²) < 4.78 is 0. The van der Waals surface area contributed by atoms with Crippen LogP contribution in [0, 0.1) is 0 Å². The van der Waals surface area contributed by atoms with Crippen molar-refractivity contribution in [3.63, 3.8) is 0 Å². The second-order valence-electron chi connectivity index (χ2n) is 7.04. The normalized spacial score (nSPS) is 19.7. The standard InChI is InChI=1S/C18H28N6O2/c1-14(16(25)22-15-6-3-2-4-7-15)21-18(26)24-12-10-23(11-13-24)17-19-8-5-9-20-17/h5,8-9,14-15H,2-4,6-7,10-13H2,1H3,(H,21,26)(H,22,25)/t14-/m1/s1. The average molecular weight is 360 g/mol. The molecule has 1 aromatic rings. The van der Waals surface area contributed by atoms with Crippen molar-refractivity contribution < 1.29 is 9.59 Å². The molecule has 1 saturated carbocycles. The summed E-state index contributed by atoms with van der Waals surface area (Å²) in [7, 11) is 0. The predicted molar refractivity (Wildman–Crippen MR) is 98.8 cm³/mol. The minimum Gasteiger partial charge on any atom is -0.352 e. The number of carbonyl (C=O) groups is 2. The van der Waals surface area contributed by atoms with E-state index >= 15 is 0 Å². The highest BCUT2D eigenvalue weighted by Crippen LogP contribution is 2.17. The molecule has 0 unspecified atom stereocenters. The molecule has 3 rings (SSSR count). The highest BCUT2D eigenvalue weighted by Gasteiger charge is 2.26. The number of nitrogens with one attached hydrogen (secondary N) is 2. The summed E-state index contributed by atoms with van der Waals surface area (Å²) in [6.45, 7) is 4.27. The fourth-order valence-corrected chi connectivity index (χ4v) is 3.48. The quantitative estimate of drug-likeness (QED) is 0.840. The van der Waals surface area contributed by atoms with Gasteiger partial charge in [0.1, 0.15) is 6.04 Å². The van der Waals surface area contributed by atoms with Crippen LogP contribution in [-0.4, -0.2) is 65.1 Å². The van der Waals surface area contributed by atoms with E-state index in [2.05, 4.69) is 25.5 Å². The van der Waals surface area contributed by atoms with E-state index < -0.39 is 6.04 Å². The molecule has 1 aliphatic heterocycles. The molecule has 2 N–H and O–H groups in total. The lowest BCUT2D eigenvalue weighted by molar-refractivity contribution is -0.123. The molecule has 1 atom stereocenters. The molecular weight excluding hydrogens is 332 g/mol. The van der Waals surface area contributed by atoms with Gasteiger partial charge in [-0.3, -0.25) is 4.79 Å². The number of hydrogen-bond acceptors (Lipinski definition) is 5. The zero-order chi connectivity index (χ0) is 18.4. The molecule has 0 aromatic carbocycles. The van der Waals surface area contributed by atoms with Crippen LogP contribution in [-0.2, 0) is 4.79 Å². The van der Waals surface area contributed by atoms with Gasteiger partial charge in [0.25, 0.3) is 0 Å². The molecule has 0 radical (unpaired) electrons. The van der Waals surface area contributed by atoms with Crippen molar-refractivity contribution in [2.75, 3.05) is 31.1 Å². The van der Waals surface area contributed by atoms with Gasteiger partial charge in [-0.05, 0) is 25.8 Å². The fourth-order valence-electron chi connectivity index (χ4n) is 3.48. The molecule has 3 amide bonds. The summed E-state index contributed by atoms with van der Waals surface area (Å²) in [5.74, 6) is 0.592. The van der Waals surface area contributed by atoms with E-state index in [1.807, 2.05) is 0 Å². The maximum absolute atomic E-state index is 12.4. The van der Waals surface area contributed by atoms with Crippen LogP contribution >= 0.6 is 0 Å². The van der Waals surface area contributed by atoms with Gasteiger partial charge >= 0.3 is 6.03 Å². The van der Waals surface area contributed by atoms with E-state index in [1.54, 1.807) is 30.3 Å². The van der Waals surface area contributed by atoms with E-state index in [-0.39, 0.29) is 18.0 Å². The van der Waals surface area contributed by atoms with Gasteiger partial charge in [0.2, 0.25) is 11.9 Å². The van der Waals surface area contributed by atoms with Crippen LogP contribution in [0.3, 0.4) is 0 Å². The van der Waals surface area contributed by atoms with Crippen LogP contribution in [0.15, 0.2) is 18.5 Å². The molecule has 2 fully saturated rings. The lowest BCUT2D eigenvalue weighted by Crippen LogP contribution is -2.56. The van der Waals surface area contributed by atoms with Crippen molar-refractivity contribution in [1.82, 2.24) is 25.5 Å². The monoisotopic (exact) mass is 360 g/mol. The van der Waals surface area contributed by atoms with Gasteiger partial charge in [-0.15, -0.1) is 0 Å². The maximum Gasteiger partial charge on any atom is 0.318 e. The van der Waals surface area contributed by atoms with Gasteiger partial charge in [-0.2, -0.15) is 0 Å². The Morgan fingerprint density at radius 3 is 2.38 bits per heavy atom. The molecular formula is C18H28N6O2. The number of hydrogen-bond donors (Lipinski definition) is 2. The predicted octanol–water partition coefficient (Wildman–Crippen LogP) is 1.15.